The molecular weight excluding hydrogens is 452 g/mol. The Hall–Kier alpha value is -3.11. The van der Waals surface area contributed by atoms with Crippen molar-refractivity contribution < 1.29 is 9.53 Å². The van der Waals surface area contributed by atoms with Gasteiger partial charge in [-0.05, 0) is 24.3 Å². The largest absolute Gasteiger partial charge is 0.496 e. The topological polar surface area (TPSA) is 111 Å². The second-order valence-corrected chi connectivity index (χ2v) is 7.57. The Kier molecular flexibility index (Phi) is 5.86. The smallest absolute Gasteiger partial charge is 0.255 e. The lowest BCUT2D eigenvalue weighted by molar-refractivity contribution is 0.0931. The minimum Gasteiger partial charge on any atom is -0.496 e. The Labute approximate surface area is 180 Å². The summed E-state index contributed by atoms with van der Waals surface area (Å²) in [4.78, 5) is 38.6. The molecule has 1 aliphatic heterocycles. The average molecular weight is 471 g/mol. The summed E-state index contributed by atoms with van der Waals surface area (Å²) in [6, 6.07) is 7.83. The van der Waals surface area contributed by atoms with Crippen LogP contribution >= 0.6 is 15.9 Å². The molecule has 1 unspecified atom stereocenters. The van der Waals surface area contributed by atoms with Gasteiger partial charge in [0, 0.05) is 36.4 Å². The first-order valence-corrected chi connectivity index (χ1v) is 10.1. The van der Waals surface area contributed by atoms with Crippen LogP contribution in [0.25, 0.3) is 11.4 Å². The Balaban J connectivity index is 1.72. The molecule has 3 aromatic rings. The van der Waals surface area contributed by atoms with E-state index in [1.165, 1.54) is 19.5 Å². The molecule has 1 aromatic carbocycles. The molecular formula is C20H19BrN6O3. The predicted molar refractivity (Wildman–Crippen MR) is 113 cm³/mol. The number of nitrogens with one attached hydrogen (secondary N) is 2. The number of methoxy groups -OCH3 is 1. The standard InChI is InChI=1S/C20H19BrN6O3/c1-30-17-3-2-12(21)8-13(17)20(29)26-16-10-22-6-7-27-18(28)9-15(25-19(16)27)14-4-5-23-11-24-14/h2-5,8-9,11,16,22H,6-7,10H2,1H3,(H,26,29). The van der Waals surface area contributed by atoms with E-state index in [-0.39, 0.29) is 11.5 Å². The average Bonchev–Trinajstić information content (AvgIpc) is 2.97. The number of halogens is 1. The highest BCUT2D eigenvalue weighted by molar-refractivity contribution is 9.10. The maximum atomic E-state index is 13.0. The first kappa shape index (κ1) is 20.2. The molecule has 10 heteroatoms. The fourth-order valence-electron chi connectivity index (χ4n) is 3.33. The number of rotatable bonds is 4. The van der Waals surface area contributed by atoms with Crippen LogP contribution in [0.1, 0.15) is 22.2 Å². The van der Waals surface area contributed by atoms with E-state index in [2.05, 4.69) is 41.5 Å². The van der Waals surface area contributed by atoms with Crippen molar-refractivity contribution in [2.75, 3.05) is 20.2 Å². The van der Waals surface area contributed by atoms with Crippen molar-refractivity contribution in [1.82, 2.24) is 30.2 Å². The van der Waals surface area contributed by atoms with Gasteiger partial charge in [-0.1, -0.05) is 15.9 Å². The SMILES string of the molecule is COc1ccc(Br)cc1C(=O)NC1CNCCn2c1nc(-c1ccncn1)cc2=O. The Morgan fingerprint density at radius 2 is 2.17 bits per heavy atom. The van der Waals surface area contributed by atoms with E-state index in [1.54, 1.807) is 35.0 Å². The van der Waals surface area contributed by atoms with E-state index < -0.39 is 6.04 Å². The van der Waals surface area contributed by atoms with Crippen LogP contribution < -0.4 is 20.9 Å². The van der Waals surface area contributed by atoms with Crippen molar-refractivity contribution >= 4 is 21.8 Å². The van der Waals surface area contributed by atoms with Gasteiger partial charge in [-0.25, -0.2) is 15.0 Å². The van der Waals surface area contributed by atoms with Crippen molar-refractivity contribution in [2.24, 2.45) is 0 Å². The monoisotopic (exact) mass is 470 g/mol. The van der Waals surface area contributed by atoms with Gasteiger partial charge in [0.15, 0.2) is 0 Å². The lowest BCUT2D eigenvalue weighted by Gasteiger charge is -2.20. The van der Waals surface area contributed by atoms with Crippen LogP contribution in [-0.4, -0.2) is 45.6 Å². The predicted octanol–water partition coefficient (Wildman–Crippen LogP) is 1.55. The summed E-state index contributed by atoms with van der Waals surface area (Å²) in [5.41, 5.74) is 1.17. The van der Waals surface area contributed by atoms with Crippen LogP contribution in [0.3, 0.4) is 0 Å². The number of fused-ring (bicyclic) bond motifs is 1. The fraction of sp³-hybridized carbons (Fsp3) is 0.250. The molecule has 1 aliphatic rings. The molecule has 3 heterocycles. The van der Waals surface area contributed by atoms with Crippen molar-refractivity contribution in [3.05, 3.63) is 69.1 Å². The van der Waals surface area contributed by atoms with E-state index >= 15 is 0 Å². The van der Waals surface area contributed by atoms with E-state index in [1.807, 2.05) is 0 Å². The molecule has 2 N–H and O–H groups in total. The van der Waals surface area contributed by atoms with Gasteiger partial charge in [0.2, 0.25) is 0 Å². The molecule has 0 bridgehead atoms. The quantitative estimate of drug-likeness (QED) is 0.594. The number of amides is 1. The van der Waals surface area contributed by atoms with Gasteiger partial charge in [-0.3, -0.25) is 14.2 Å². The molecule has 0 saturated heterocycles. The number of nitrogens with zero attached hydrogens (tertiary/aromatic N) is 4. The second kappa shape index (κ2) is 8.72. The highest BCUT2D eigenvalue weighted by atomic mass is 79.9. The summed E-state index contributed by atoms with van der Waals surface area (Å²) in [5, 5.41) is 6.23. The van der Waals surface area contributed by atoms with Gasteiger partial charge in [0.25, 0.3) is 11.5 Å². The fourth-order valence-corrected chi connectivity index (χ4v) is 3.69. The van der Waals surface area contributed by atoms with E-state index in [9.17, 15) is 9.59 Å². The van der Waals surface area contributed by atoms with Gasteiger partial charge in [0.05, 0.1) is 30.1 Å². The highest BCUT2D eigenvalue weighted by Gasteiger charge is 2.25. The van der Waals surface area contributed by atoms with Crippen LogP contribution in [0, 0.1) is 0 Å². The first-order chi connectivity index (χ1) is 14.6. The van der Waals surface area contributed by atoms with Crippen LogP contribution in [0.15, 0.2) is 52.1 Å². The molecule has 1 atom stereocenters. The van der Waals surface area contributed by atoms with Gasteiger partial charge in [0.1, 0.15) is 17.9 Å². The summed E-state index contributed by atoms with van der Waals surface area (Å²) < 4.78 is 7.65. The zero-order chi connectivity index (χ0) is 21.1. The van der Waals surface area contributed by atoms with E-state index in [0.29, 0.717) is 48.2 Å². The van der Waals surface area contributed by atoms with Gasteiger partial charge < -0.3 is 15.4 Å². The maximum absolute atomic E-state index is 13.0. The zero-order valence-corrected chi connectivity index (χ0v) is 17.7. The molecule has 0 spiro atoms. The molecule has 0 saturated carbocycles. The number of hydrogen-bond donors (Lipinski definition) is 2. The summed E-state index contributed by atoms with van der Waals surface area (Å²) in [7, 11) is 1.51. The first-order valence-electron chi connectivity index (χ1n) is 9.30. The number of benzene rings is 1. The third-order valence-electron chi connectivity index (χ3n) is 4.77. The Morgan fingerprint density at radius 3 is 2.93 bits per heavy atom. The number of hydrogen-bond acceptors (Lipinski definition) is 7. The minimum atomic E-state index is -0.516. The van der Waals surface area contributed by atoms with Gasteiger partial charge in [-0.2, -0.15) is 0 Å². The molecule has 0 aliphatic carbocycles. The second-order valence-electron chi connectivity index (χ2n) is 6.66. The summed E-state index contributed by atoms with van der Waals surface area (Å²) >= 11 is 3.38. The Morgan fingerprint density at radius 1 is 1.30 bits per heavy atom. The number of carbonyl (C=O) groups excluding carboxylic acids is 1. The summed E-state index contributed by atoms with van der Waals surface area (Å²) in [6.07, 6.45) is 2.99. The molecule has 30 heavy (non-hydrogen) atoms. The van der Waals surface area contributed by atoms with Crippen molar-refractivity contribution in [2.45, 2.75) is 12.6 Å². The number of ether oxygens (including phenoxy) is 1. The lowest BCUT2D eigenvalue weighted by atomic mass is 10.1. The van der Waals surface area contributed by atoms with Gasteiger partial charge in [-0.15, -0.1) is 0 Å². The molecule has 154 valence electrons. The number of aromatic nitrogens is 4. The third-order valence-corrected chi connectivity index (χ3v) is 5.26. The van der Waals surface area contributed by atoms with Crippen LogP contribution in [0.2, 0.25) is 0 Å². The summed E-state index contributed by atoms with van der Waals surface area (Å²) in [5.74, 6) is 0.607. The minimum absolute atomic E-state index is 0.198. The van der Waals surface area contributed by atoms with Gasteiger partial charge >= 0.3 is 0 Å². The third kappa shape index (κ3) is 4.10. The molecule has 2 aromatic heterocycles. The number of carbonyl (C=O) groups is 1. The van der Waals surface area contributed by atoms with Crippen LogP contribution in [0.4, 0.5) is 0 Å². The highest BCUT2D eigenvalue weighted by Crippen LogP contribution is 2.24. The summed E-state index contributed by atoms with van der Waals surface area (Å²) in [6.45, 7) is 1.48. The van der Waals surface area contributed by atoms with Crippen LogP contribution in [-0.2, 0) is 6.54 Å². The lowest BCUT2D eigenvalue weighted by Crippen LogP contribution is -2.37. The molecule has 1 amide bonds. The molecule has 9 nitrogen and oxygen atoms in total. The van der Waals surface area contributed by atoms with E-state index in [4.69, 9.17) is 4.74 Å². The van der Waals surface area contributed by atoms with E-state index in [0.717, 1.165) is 4.47 Å². The Bertz CT molecular complexity index is 1140. The van der Waals surface area contributed by atoms with Crippen molar-refractivity contribution in [3.8, 4) is 17.1 Å². The zero-order valence-electron chi connectivity index (χ0n) is 16.1. The molecule has 4 rings (SSSR count). The van der Waals surface area contributed by atoms with Crippen LogP contribution in [0.5, 0.6) is 5.75 Å². The molecule has 0 radical (unpaired) electrons. The van der Waals surface area contributed by atoms with Crippen molar-refractivity contribution in [1.29, 1.82) is 0 Å². The maximum Gasteiger partial charge on any atom is 0.255 e. The van der Waals surface area contributed by atoms with Crippen molar-refractivity contribution in [3.63, 3.8) is 0 Å². The molecule has 0 fully saturated rings. The normalized spacial score (nSPS) is 15.7.